The molecule has 4 aromatic rings. The predicted molar refractivity (Wildman–Crippen MR) is 134 cm³/mol. The van der Waals surface area contributed by atoms with Gasteiger partial charge in [0.05, 0.1) is 8.07 Å². The van der Waals surface area contributed by atoms with Crippen LogP contribution in [0.5, 0.6) is 0 Å². The van der Waals surface area contributed by atoms with Crippen molar-refractivity contribution in [1.29, 1.82) is 0 Å². The number of allylic oxidation sites excluding steroid dienone is 2. The smallest absolute Gasteiger partial charge is 0.0743 e. The lowest BCUT2D eigenvalue weighted by Gasteiger charge is -2.37. The Morgan fingerprint density at radius 3 is 1.52 bits per heavy atom. The third-order valence-electron chi connectivity index (χ3n) is 6.99. The van der Waals surface area contributed by atoms with Crippen molar-refractivity contribution in [2.24, 2.45) is 0 Å². The minimum atomic E-state index is -1.71. The molecule has 0 radical (unpaired) electrons. The molecule has 2 unspecified atom stereocenters. The summed E-state index contributed by atoms with van der Waals surface area (Å²) in [5.41, 5.74) is 7.39. The quantitative estimate of drug-likeness (QED) is 0.280. The number of hydrogen-bond acceptors (Lipinski definition) is 2. The second-order valence-corrected chi connectivity index (χ2v) is 16.2. The molecule has 2 aliphatic rings. The Bertz CT molecular complexity index is 1260. The van der Waals surface area contributed by atoms with Gasteiger partial charge in [-0.25, -0.2) is 0 Å². The van der Waals surface area contributed by atoms with Gasteiger partial charge in [-0.1, -0.05) is 72.8 Å². The van der Waals surface area contributed by atoms with Crippen LogP contribution in [0.2, 0.25) is 13.1 Å². The van der Waals surface area contributed by atoms with Crippen LogP contribution in [0.25, 0.3) is 32.3 Å². The zero-order valence-corrected chi connectivity index (χ0v) is 19.9. The fourth-order valence-corrected chi connectivity index (χ4v) is 15.1. The second-order valence-electron chi connectivity index (χ2n) is 9.22. The van der Waals surface area contributed by atoms with E-state index in [1.807, 2.05) is 22.7 Å². The van der Waals surface area contributed by atoms with Crippen LogP contribution in [0.3, 0.4) is 0 Å². The summed E-state index contributed by atoms with van der Waals surface area (Å²) in [5.74, 6) is 0. The molecule has 2 aromatic heterocycles. The minimum absolute atomic E-state index is 0.611. The van der Waals surface area contributed by atoms with Crippen molar-refractivity contribution < 1.29 is 0 Å². The highest BCUT2D eigenvalue weighted by atomic mass is 32.1. The van der Waals surface area contributed by atoms with Gasteiger partial charge >= 0.3 is 0 Å². The van der Waals surface area contributed by atoms with Crippen molar-refractivity contribution in [2.45, 2.75) is 38.0 Å². The Morgan fingerprint density at radius 1 is 0.655 bits per heavy atom. The van der Waals surface area contributed by atoms with E-state index >= 15 is 0 Å². The molecule has 0 nitrogen and oxygen atoms in total. The van der Waals surface area contributed by atoms with Crippen molar-refractivity contribution in [3.8, 4) is 0 Å². The lowest BCUT2D eigenvalue weighted by Crippen LogP contribution is -2.41. The summed E-state index contributed by atoms with van der Waals surface area (Å²) in [4.78, 5) is 3.26. The number of rotatable bonds is 2. The molecule has 0 fully saturated rings. The van der Waals surface area contributed by atoms with Crippen molar-refractivity contribution >= 4 is 63.1 Å². The molecule has 2 atom stereocenters. The zero-order valence-electron chi connectivity index (χ0n) is 17.2. The van der Waals surface area contributed by atoms with Gasteiger partial charge < -0.3 is 0 Å². The van der Waals surface area contributed by atoms with Crippen LogP contribution in [0.15, 0.2) is 59.7 Å². The summed E-state index contributed by atoms with van der Waals surface area (Å²) in [6.45, 7) is 10.0. The van der Waals surface area contributed by atoms with E-state index in [1.54, 1.807) is 20.9 Å². The van der Waals surface area contributed by atoms with Gasteiger partial charge in [0.2, 0.25) is 0 Å². The first-order chi connectivity index (χ1) is 14.0. The van der Waals surface area contributed by atoms with Crippen LogP contribution in [0.1, 0.15) is 45.8 Å². The van der Waals surface area contributed by atoms with Crippen LogP contribution < -0.4 is 0 Å². The predicted octanol–water partition coefficient (Wildman–Crippen LogP) is 8.60. The highest BCUT2D eigenvalue weighted by Crippen LogP contribution is 2.57. The standard InChI is InChI=1S/C26H24S2Si/c1-15-13-19-17-9-5-7-11-21(17)27-23(19)25(15)29(3,4)26-16(2)14-20-18-10-6-8-12-22(18)28-24(20)26/h5-14,25-26H,1-4H3. The van der Waals surface area contributed by atoms with E-state index in [0.29, 0.717) is 11.1 Å². The van der Waals surface area contributed by atoms with E-state index in [0.717, 1.165) is 0 Å². The van der Waals surface area contributed by atoms with Crippen molar-refractivity contribution in [3.63, 3.8) is 0 Å². The van der Waals surface area contributed by atoms with Crippen LogP contribution in [0, 0.1) is 0 Å². The maximum absolute atomic E-state index is 2.63. The first kappa shape index (κ1) is 17.9. The summed E-state index contributed by atoms with van der Waals surface area (Å²) >= 11 is 4.08. The molecule has 0 saturated heterocycles. The van der Waals surface area contributed by atoms with Gasteiger partial charge in [0.25, 0.3) is 0 Å². The molecule has 0 saturated carbocycles. The molecule has 2 aromatic carbocycles. The van der Waals surface area contributed by atoms with Gasteiger partial charge in [-0.2, -0.15) is 0 Å². The molecular formula is C26H24S2Si. The number of fused-ring (bicyclic) bond motifs is 6. The van der Waals surface area contributed by atoms with Gasteiger partial charge in [0.1, 0.15) is 0 Å². The number of thiophene rings is 2. The van der Waals surface area contributed by atoms with Crippen LogP contribution in [0.4, 0.5) is 0 Å². The van der Waals surface area contributed by atoms with Gasteiger partial charge in [-0.3, -0.25) is 0 Å². The first-order valence-corrected chi connectivity index (χ1v) is 15.1. The normalized spacial score (nSPS) is 20.8. The van der Waals surface area contributed by atoms with Gasteiger partial charge in [0.15, 0.2) is 0 Å². The Labute approximate surface area is 181 Å². The number of hydrogen-bond donors (Lipinski definition) is 0. The minimum Gasteiger partial charge on any atom is -0.139 e. The molecule has 29 heavy (non-hydrogen) atoms. The van der Waals surface area contributed by atoms with Crippen LogP contribution in [-0.2, 0) is 0 Å². The Balaban J connectivity index is 1.53. The Kier molecular flexibility index (Phi) is 3.72. The van der Waals surface area contributed by atoms with Crippen molar-refractivity contribution in [3.05, 3.63) is 80.6 Å². The fraction of sp³-hybridized carbons (Fsp3) is 0.231. The maximum Gasteiger partial charge on any atom is 0.0743 e. The Morgan fingerprint density at radius 2 is 1.07 bits per heavy atom. The fourth-order valence-electron chi connectivity index (χ4n) is 5.95. The summed E-state index contributed by atoms with van der Waals surface area (Å²) in [5, 5.41) is 2.89. The van der Waals surface area contributed by atoms with E-state index < -0.39 is 8.07 Å². The SMILES string of the molecule is CC1=Cc2c(sc3ccccc23)C1[Si](C)(C)C1C(C)=Cc2c1sc1ccccc21. The van der Waals surface area contributed by atoms with E-state index in [1.165, 1.54) is 31.3 Å². The molecule has 2 heterocycles. The lowest BCUT2D eigenvalue weighted by atomic mass is 10.1. The largest absolute Gasteiger partial charge is 0.139 e. The van der Waals surface area contributed by atoms with E-state index in [4.69, 9.17) is 0 Å². The first-order valence-electron chi connectivity index (χ1n) is 10.4. The van der Waals surface area contributed by atoms with Crippen LogP contribution >= 0.6 is 22.7 Å². The molecule has 144 valence electrons. The van der Waals surface area contributed by atoms with Crippen LogP contribution in [-0.4, -0.2) is 8.07 Å². The second kappa shape index (κ2) is 6.04. The third-order valence-corrected chi connectivity index (χ3v) is 14.4. The maximum atomic E-state index is 2.63. The average molecular weight is 429 g/mol. The van der Waals surface area contributed by atoms with E-state index in [-0.39, 0.29) is 0 Å². The zero-order chi connectivity index (χ0) is 19.9. The molecule has 0 aliphatic heterocycles. The third kappa shape index (κ3) is 2.35. The van der Waals surface area contributed by atoms with Gasteiger partial charge in [-0.15, -0.1) is 22.7 Å². The molecule has 0 N–H and O–H groups in total. The molecule has 6 rings (SSSR count). The Hall–Kier alpha value is -1.94. The lowest BCUT2D eigenvalue weighted by molar-refractivity contribution is 0.995. The molecule has 2 aliphatic carbocycles. The van der Waals surface area contributed by atoms with Gasteiger partial charge in [0, 0.05) is 30.2 Å². The average Bonchev–Trinajstić information content (AvgIpc) is 3.38. The van der Waals surface area contributed by atoms with Gasteiger partial charge in [-0.05, 0) is 47.9 Å². The molecule has 0 amide bonds. The monoisotopic (exact) mass is 428 g/mol. The summed E-state index contributed by atoms with van der Waals surface area (Å²) < 4.78 is 2.88. The van der Waals surface area contributed by atoms with Crippen molar-refractivity contribution in [2.75, 3.05) is 0 Å². The highest BCUT2D eigenvalue weighted by Gasteiger charge is 2.48. The number of benzene rings is 2. The van der Waals surface area contributed by atoms with E-state index in [9.17, 15) is 0 Å². The highest BCUT2D eigenvalue weighted by molar-refractivity contribution is 7.21. The topological polar surface area (TPSA) is 0 Å². The molecule has 0 spiro atoms. The summed E-state index contributed by atoms with van der Waals surface area (Å²) in [7, 11) is -1.71. The summed E-state index contributed by atoms with van der Waals surface area (Å²) in [6.07, 6.45) is 4.99. The molecule has 3 heteroatoms. The van der Waals surface area contributed by atoms with E-state index in [2.05, 4.69) is 87.6 Å². The molecule has 0 bridgehead atoms. The molecular weight excluding hydrogens is 405 g/mol. The summed E-state index contributed by atoms with van der Waals surface area (Å²) in [6, 6.07) is 17.9. The van der Waals surface area contributed by atoms with Crippen molar-refractivity contribution in [1.82, 2.24) is 0 Å².